The highest BCUT2D eigenvalue weighted by Crippen LogP contribution is 1.96. The summed E-state index contributed by atoms with van der Waals surface area (Å²) in [5.41, 5.74) is 1.32. The van der Waals surface area contributed by atoms with Gasteiger partial charge in [0.1, 0.15) is 0 Å². The van der Waals surface area contributed by atoms with Crippen LogP contribution in [0.4, 0.5) is 0 Å². The minimum atomic E-state index is 0.899. The number of rotatable bonds is 6. The third kappa shape index (κ3) is 4.37. The van der Waals surface area contributed by atoms with Crippen LogP contribution in [0, 0.1) is 0 Å². The second-order valence-electron chi connectivity index (χ2n) is 3.44. The fraction of sp³-hybridized carbons (Fsp3) is 0.455. The van der Waals surface area contributed by atoms with E-state index in [4.69, 9.17) is 0 Å². The third-order valence-corrected chi connectivity index (χ3v) is 1.98. The lowest BCUT2D eigenvalue weighted by Gasteiger charge is -2.16. The summed E-state index contributed by atoms with van der Waals surface area (Å²) >= 11 is 0. The normalized spacial score (nSPS) is 10.8. The Labute approximate surface area is 86.1 Å². The Kier molecular flexibility index (Phi) is 5.22. The van der Waals surface area contributed by atoms with Crippen molar-refractivity contribution in [2.24, 2.45) is 0 Å². The van der Waals surface area contributed by atoms with E-state index in [1.54, 1.807) is 0 Å². The highest BCUT2D eigenvalue weighted by molar-refractivity contribution is 5.14. The van der Waals surface area contributed by atoms with Crippen LogP contribution in [0.2, 0.25) is 0 Å². The topological polar surface area (TPSA) is 27.3 Å². The summed E-state index contributed by atoms with van der Waals surface area (Å²) in [6, 6.07) is 10.4. The SMILES string of the molecule is CNCN(C)CNCc1ccccc1. The Morgan fingerprint density at radius 1 is 1.14 bits per heavy atom. The maximum Gasteiger partial charge on any atom is 0.0492 e. The van der Waals surface area contributed by atoms with Crippen LogP contribution in [0.15, 0.2) is 30.3 Å². The predicted octanol–water partition coefficient (Wildman–Crippen LogP) is 0.842. The van der Waals surface area contributed by atoms with Crippen molar-refractivity contribution in [1.82, 2.24) is 15.5 Å². The van der Waals surface area contributed by atoms with E-state index in [1.807, 2.05) is 13.1 Å². The second kappa shape index (κ2) is 6.54. The first-order valence-corrected chi connectivity index (χ1v) is 4.90. The summed E-state index contributed by atoms with van der Waals surface area (Å²) in [5.74, 6) is 0. The molecule has 0 aliphatic rings. The molecule has 0 atom stereocenters. The van der Waals surface area contributed by atoms with Crippen LogP contribution in [0.3, 0.4) is 0 Å². The van der Waals surface area contributed by atoms with Crippen LogP contribution < -0.4 is 10.6 Å². The predicted molar refractivity (Wildman–Crippen MR) is 59.8 cm³/mol. The molecule has 1 aromatic rings. The number of nitrogens with zero attached hydrogens (tertiary/aromatic N) is 1. The fourth-order valence-corrected chi connectivity index (χ4v) is 1.31. The molecule has 0 fully saturated rings. The van der Waals surface area contributed by atoms with Gasteiger partial charge in [-0.25, -0.2) is 0 Å². The molecule has 0 aromatic heterocycles. The van der Waals surface area contributed by atoms with Gasteiger partial charge in [0.2, 0.25) is 0 Å². The summed E-state index contributed by atoms with van der Waals surface area (Å²) in [6.45, 7) is 2.73. The lowest BCUT2D eigenvalue weighted by molar-refractivity contribution is 0.291. The van der Waals surface area contributed by atoms with E-state index in [2.05, 4.69) is 46.8 Å². The minimum Gasteiger partial charge on any atom is -0.307 e. The highest BCUT2D eigenvalue weighted by atomic mass is 15.3. The van der Waals surface area contributed by atoms with Gasteiger partial charge in [-0.05, 0) is 19.7 Å². The van der Waals surface area contributed by atoms with Crippen molar-refractivity contribution in [3.63, 3.8) is 0 Å². The van der Waals surface area contributed by atoms with Gasteiger partial charge in [-0.1, -0.05) is 30.3 Å². The molecule has 0 aliphatic carbocycles. The van der Waals surface area contributed by atoms with Crippen molar-refractivity contribution in [3.05, 3.63) is 35.9 Å². The van der Waals surface area contributed by atoms with Gasteiger partial charge in [-0.3, -0.25) is 4.90 Å². The third-order valence-electron chi connectivity index (χ3n) is 1.98. The van der Waals surface area contributed by atoms with Crippen molar-refractivity contribution in [3.8, 4) is 0 Å². The van der Waals surface area contributed by atoms with E-state index in [0.29, 0.717) is 0 Å². The Hall–Kier alpha value is -0.900. The molecular weight excluding hydrogens is 174 g/mol. The van der Waals surface area contributed by atoms with Crippen LogP contribution in [0.1, 0.15) is 5.56 Å². The quantitative estimate of drug-likeness (QED) is 0.656. The van der Waals surface area contributed by atoms with Crippen molar-refractivity contribution in [2.45, 2.75) is 6.54 Å². The minimum absolute atomic E-state index is 0.899. The molecule has 1 aromatic carbocycles. The summed E-state index contributed by atoms with van der Waals surface area (Å²) < 4.78 is 0. The molecule has 14 heavy (non-hydrogen) atoms. The zero-order valence-electron chi connectivity index (χ0n) is 8.96. The molecule has 3 heteroatoms. The number of benzene rings is 1. The molecule has 2 N–H and O–H groups in total. The zero-order valence-corrected chi connectivity index (χ0v) is 8.96. The van der Waals surface area contributed by atoms with E-state index in [-0.39, 0.29) is 0 Å². The molecule has 78 valence electrons. The molecule has 1 rings (SSSR count). The van der Waals surface area contributed by atoms with E-state index in [0.717, 1.165) is 19.9 Å². The molecule has 0 saturated carbocycles. The monoisotopic (exact) mass is 193 g/mol. The summed E-state index contributed by atoms with van der Waals surface area (Å²) in [4.78, 5) is 2.18. The van der Waals surface area contributed by atoms with Gasteiger partial charge in [0.25, 0.3) is 0 Å². The smallest absolute Gasteiger partial charge is 0.0492 e. The number of hydrogen-bond acceptors (Lipinski definition) is 3. The molecule has 0 heterocycles. The van der Waals surface area contributed by atoms with Crippen molar-refractivity contribution < 1.29 is 0 Å². The molecule has 0 spiro atoms. The Morgan fingerprint density at radius 3 is 2.50 bits per heavy atom. The molecule has 0 unspecified atom stereocenters. The number of nitrogens with one attached hydrogen (secondary N) is 2. The molecule has 3 nitrogen and oxygen atoms in total. The largest absolute Gasteiger partial charge is 0.307 e. The van der Waals surface area contributed by atoms with Gasteiger partial charge >= 0.3 is 0 Å². The molecule has 0 radical (unpaired) electrons. The van der Waals surface area contributed by atoms with Gasteiger partial charge in [0.05, 0.1) is 0 Å². The van der Waals surface area contributed by atoms with Gasteiger partial charge in [0.15, 0.2) is 0 Å². The first-order valence-electron chi connectivity index (χ1n) is 4.90. The summed E-state index contributed by atoms with van der Waals surface area (Å²) in [6.07, 6.45) is 0. The summed E-state index contributed by atoms with van der Waals surface area (Å²) in [5, 5.41) is 6.47. The first-order chi connectivity index (χ1) is 6.83. The number of hydrogen-bond donors (Lipinski definition) is 2. The van der Waals surface area contributed by atoms with E-state index < -0.39 is 0 Å². The molecule has 0 amide bonds. The highest BCUT2D eigenvalue weighted by Gasteiger charge is 1.94. The Bertz CT molecular complexity index is 236. The van der Waals surface area contributed by atoms with Gasteiger partial charge in [-0.15, -0.1) is 0 Å². The second-order valence-corrected chi connectivity index (χ2v) is 3.44. The Morgan fingerprint density at radius 2 is 1.86 bits per heavy atom. The lowest BCUT2D eigenvalue weighted by Crippen LogP contribution is -2.36. The van der Waals surface area contributed by atoms with E-state index in [9.17, 15) is 0 Å². The van der Waals surface area contributed by atoms with Gasteiger partial charge in [-0.2, -0.15) is 0 Å². The van der Waals surface area contributed by atoms with E-state index >= 15 is 0 Å². The molecule has 0 bridgehead atoms. The average Bonchev–Trinajstić information content (AvgIpc) is 2.20. The average molecular weight is 193 g/mol. The first kappa shape index (κ1) is 11.2. The van der Waals surface area contributed by atoms with Crippen LogP contribution in [-0.4, -0.2) is 32.3 Å². The van der Waals surface area contributed by atoms with Crippen molar-refractivity contribution in [2.75, 3.05) is 27.4 Å². The van der Waals surface area contributed by atoms with Crippen LogP contribution >= 0.6 is 0 Å². The van der Waals surface area contributed by atoms with Crippen molar-refractivity contribution >= 4 is 0 Å². The molecular formula is C11H19N3. The maximum atomic E-state index is 3.37. The van der Waals surface area contributed by atoms with Crippen LogP contribution in [0.5, 0.6) is 0 Å². The summed E-state index contributed by atoms with van der Waals surface area (Å²) in [7, 11) is 4.03. The Balaban J connectivity index is 2.16. The fourth-order valence-electron chi connectivity index (χ4n) is 1.31. The van der Waals surface area contributed by atoms with E-state index in [1.165, 1.54) is 5.56 Å². The maximum absolute atomic E-state index is 3.37. The standard InChI is InChI=1S/C11H19N3/c1-12-9-14(2)10-13-8-11-6-4-3-5-7-11/h3-7,12-13H,8-10H2,1-2H3. The zero-order chi connectivity index (χ0) is 10.2. The van der Waals surface area contributed by atoms with Crippen LogP contribution in [0.25, 0.3) is 0 Å². The lowest BCUT2D eigenvalue weighted by atomic mass is 10.2. The van der Waals surface area contributed by atoms with Gasteiger partial charge in [0, 0.05) is 19.9 Å². The molecule has 0 aliphatic heterocycles. The van der Waals surface area contributed by atoms with Gasteiger partial charge < -0.3 is 10.6 Å². The van der Waals surface area contributed by atoms with Crippen LogP contribution in [-0.2, 0) is 6.54 Å². The van der Waals surface area contributed by atoms with Crippen molar-refractivity contribution in [1.29, 1.82) is 0 Å². The molecule has 0 saturated heterocycles.